The van der Waals surface area contributed by atoms with Crippen LogP contribution in [0, 0.1) is 13.8 Å². The van der Waals surface area contributed by atoms with E-state index in [2.05, 4.69) is 43.8 Å². The molecule has 4 nitrogen and oxygen atoms in total. The Morgan fingerprint density at radius 2 is 1.43 bits per heavy atom. The standard InChI is InChI=1S/C12H21NOSi.C6H7NO/c1-10-7-8-11(9-13-10)14-15(5,6)12(2,3)4;1-5-2-3-6(8)4-7-5/h7-9H,1-6H3;2-4,8H,1H3. The van der Waals surface area contributed by atoms with Gasteiger partial charge in [-0.1, -0.05) is 20.8 Å². The van der Waals surface area contributed by atoms with Crippen LogP contribution in [-0.4, -0.2) is 23.4 Å². The molecular weight excluding hydrogens is 304 g/mol. The lowest BCUT2D eigenvalue weighted by Gasteiger charge is -2.36. The summed E-state index contributed by atoms with van der Waals surface area (Å²) in [6.07, 6.45) is 3.24. The van der Waals surface area contributed by atoms with Gasteiger partial charge in [-0.05, 0) is 56.2 Å². The Hall–Kier alpha value is -1.88. The van der Waals surface area contributed by atoms with Crippen molar-refractivity contribution >= 4 is 8.32 Å². The number of aromatic hydroxyl groups is 1. The smallest absolute Gasteiger partial charge is 0.250 e. The van der Waals surface area contributed by atoms with Crippen molar-refractivity contribution in [1.29, 1.82) is 0 Å². The Bertz CT molecular complexity index is 581. The molecule has 2 aromatic rings. The van der Waals surface area contributed by atoms with Crippen LogP contribution in [0.4, 0.5) is 0 Å². The first-order valence-electron chi connectivity index (χ1n) is 7.74. The number of aryl methyl sites for hydroxylation is 2. The van der Waals surface area contributed by atoms with Crippen LogP contribution in [0.5, 0.6) is 11.5 Å². The van der Waals surface area contributed by atoms with Crippen molar-refractivity contribution in [1.82, 2.24) is 9.97 Å². The van der Waals surface area contributed by atoms with E-state index in [0.29, 0.717) is 0 Å². The van der Waals surface area contributed by atoms with E-state index in [9.17, 15) is 0 Å². The molecule has 0 fully saturated rings. The fourth-order valence-corrected chi connectivity index (χ4v) is 2.44. The molecule has 0 unspecified atom stereocenters. The lowest BCUT2D eigenvalue weighted by molar-refractivity contribution is 0.472. The Kier molecular flexibility index (Phi) is 6.33. The van der Waals surface area contributed by atoms with Crippen molar-refractivity contribution in [3.8, 4) is 11.5 Å². The Balaban J connectivity index is 0.000000277. The Morgan fingerprint density at radius 3 is 1.78 bits per heavy atom. The lowest BCUT2D eigenvalue weighted by Crippen LogP contribution is -2.43. The number of hydrogen-bond acceptors (Lipinski definition) is 4. The molecule has 0 saturated carbocycles. The van der Waals surface area contributed by atoms with Crippen molar-refractivity contribution in [2.75, 3.05) is 0 Å². The average molecular weight is 333 g/mol. The molecule has 2 heterocycles. The van der Waals surface area contributed by atoms with Gasteiger partial charge in [0.1, 0.15) is 11.5 Å². The van der Waals surface area contributed by atoms with Crippen molar-refractivity contribution in [3.63, 3.8) is 0 Å². The monoisotopic (exact) mass is 332 g/mol. The maximum absolute atomic E-state index is 8.69. The number of aromatic nitrogens is 2. The zero-order chi connectivity index (χ0) is 17.7. The molecule has 2 rings (SSSR count). The van der Waals surface area contributed by atoms with E-state index >= 15 is 0 Å². The summed E-state index contributed by atoms with van der Waals surface area (Å²) in [4.78, 5) is 8.07. The van der Waals surface area contributed by atoms with Crippen LogP contribution in [0.3, 0.4) is 0 Å². The van der Waals surface area contributed by atoms with E-state index in [4.69, 9.17) is 9.53 Å². The van der Waals surface area contributed by atoms with Crippen LogP contribution in [0.1, 0.15) is 32.2 Å². The van der Waals surface area contributed by atoms with Crippen molar-refractivity contribution in [2.24, 2.45) is 0 Å². The Labute approximate surface area is 140 Å². The van der Waals surface area contributed by atoms with Gasteiger partial charge in [0.25, 0.3) is 8.32 Å². The molecule has 0 spiro atoms. The first-order valence-corrected chi connectivity index (χ1v) is 10.7. The van der Waals surface area contributed by atoms with Gasteiger partial charge in [-0.3, -0.25) is 9.97 Å². The van der Waals surface area contributed by atoms with E-state index in [1.807, 2.05) is 32.2 Å². The fourth-order valence-electron chi connectivity index (χ4n) is 1.42. The molecule has 5 heteroatoms. The molecule has 2 aromatic heterocycles. The largest absolute Gasteiger partial charge is 0.542 e. The summed E-state index contributed by atoms with van der Waals surface area (Å²) in [5.74, 6) is 1.11. The zero-order valence-corrected chi connectivity index (χ0v) is 16.2. The van der Waals surface area contributed by atoms with Crippen LogP contribution >= 0.6 is 0 Å². The van der Waals surface area contributed by atoms with Gasteiger partial charge in [0.05, 0.1) is 12.4 Å². The van der Waals surface area contributed by atoms with Gasteiger partial charge >= 0.3 is 0 Å². The van der Waals surface area contributed by atoms with Crippen molar-refractivity contribution < 1.29 is 9.53 Å². The summed E-state index contributed by atoms with van der Waals surface area (Å²) < 4.78 is 6.10. The highest BCUT2D eigenvalue weighted by Gasteiger charge is 2.38. The number of nitrogens with zero attached hydrogens (tertiary/aromatic N) is 2. The average Bonchev–Trinajstić information content (AvgIpc) is 2.44. The third-order valence-electron chi connectivity index (χ3n) is 3.96. The van der Waals surface area contributed by atoms with Crippen LogP contribution in [-0.2, 0) is 0 Å². The van der Waals surface area contributed by atoms with E-state index in [0.717, 1.165) is 17.1 Å². The van der Waals surface area contributed by atoms with Crippen LogP contribution in [0.25, 0.3) is 0 Å². The molecule has 0 radical (unpaired) electrons. The molecule has 0 atom stereocenters. The molecule has 1 N–H and O–H groups in total. The van der Waals surface area contributed by atoms with Gasteiger partial charge in [0.2, 0.25) is 0 Å². The molecule has 0 saturated heterocycles. The summed E-state index contributed by atoms with van der Waals surface area (Å²) in [7, 11) is -1.70. The minimum absolute atomic E-state index is 0.218. The third kappa shape index (κ3) is 6.40. The number of pyridine rings is 2. The summed E-state index contributed by atoms with van der Waals surface area (Å²) in [6, 6.07) is 7.36. The summed E-state index contributed by atoms with van der Waals surface area (Å²) in [6.45, 7) is 15.1. The molecule has 126 valence electrons. The highest BCUT2D eigenvalue weighted by Crippen LogP contribution is 2.37. The van der Waals surface area contributed by atoms with Gasteiger partial charge < -0.3 is 9.53 Å². The van der Waals surface area contributed by atoms with Crippen LogP contribution < -0.4 is 4.43 Å². The van der Waals surface area contributed by atoms with Gasteiger partial charge in [0.15, 0.2) is 0 Å². The molecular formula is C18H28N2O2Si. The summed E-state index contributed by atoms with van der Waals surface area (Å²) >= 11 is 0. The number of rotatable bonds is 2. The second kappa shape index (κ2) is 7.59. The topological polar surface area (TPSA) is 55.2 Å². The van der Waals surface area contributed by atoms with Crippen LogP contribution in [0.15, 0.2) is 36.7 Å². The van der Waals surface area contributed by atoms with E-state index < -0.39 is 8.32 Å². The quantitative estimate of drug-likeness (QED) is 0.797. The maximum Gasteiger partial charge on any atom is 0.250 e. The summed E-state index contributed by atoms with van der Waals surface area (Å²) in [5, 5.41) is 8.93. The van der Waals surface area contributed by atoms with Gasteiger partial charge in [0, 0.05) is 11.4 Å². The molecule has 0 aliphatic rings. The molecule has 0 aliphatic heterocycles. The molecule has 23 heavy (non-hydrogen) atoms. The predicted molar refractivity (Wildman–Crippen MR) is 97.4 cm³/mol. The molecule has 0 amide bonds. The van der Waals surface area contributed by atoms with Crippen molar-refractivity contribution in [2.45, 2.75) is 52.8 Å². The van der Waals surface area contributed by atoms with Gasteiger partial charge in [-0.15, -0.1) is 0 Å². The maximum atomic E-state index is 8.69. The molecule has 0 bridgehead atoms. The first-order chi connectivity index (χ1) is 10.5. The minimum Gasteiger partial charge on any atom is -0.542 e. The summed E-state index contributed by atoms with van der Waals surface area (Å²) in [5.41, 5.74) is 1.94. The highest BCUT2D eigenvalue weighted by atomic mass is 28.4. The first kappa shape index (κ1) is 19.2. The van der Waals surface area contributed by atoms with E-state index in [1.165, 1.54) is 6.20 Å². The highest BCUT2D eigenvalue weighted by molar-refractivity contribution is 6.74. The van der Waals surface area contributed by atoms with E-state index in [-0.39, 0.29) is 10.8 Å². The normalized spacial score (nSPS) is 11.4. The fraction of sp³-hybridized carbons (Fsp3) is 0.444. The molecule has 0 aromatic carbocycles. The Morgan fingerprint density at radius 1 is 0.913 bits per heavy atom. The minimum atomic E-state index is -1.70. The second-order valence-corrected chi connectivity index (χ2v) is 11.9. The third-order valence-corrected chi connectivity index (χ3v) is 8.32. The number of hydrogen-bond donors (Lipinski definition) is 1. The van der Waals surface area contributed by atoms with Crippen LogP contribution in [0.2, 0.25) is 18.1 Å². The SMILES string of the molecule is Cc1ccc(O)cn1.Cc1ccc(O[Si](C)(C)C(C)(C)C)cn1. The molecule has 0 aliphatic carbocycles. The van der Waals surface area contributed by atoms with E-state index in [1.54, 1.807) is 12.1 Å². The van der Waals surface area contributed by atoms with Crippen molar-refractivity contribution in [3.05, 3.63) is 48.0 Å². The lowest BCUT2D eigenvalue weighted by atomic mass is 10.2. The van der Waals surface area contributed by atoms with Gasteiger partial charge in [-0.2, -0.15) is 0 Å². The second-order valence-electron chi connectivity index (χ2n) is 7.16. The zero-order valence-electron chi connectivity index (χ0n) is 15.2. The predicted octanol–water partition coefficient (Wildman–Crippen LogP) is 4.87. The van der Waals surface area contributed by atoms with Gasteiger partial charge in [-0.25, -0.2) is 0 Å².